The van der Waals surface area contributed by atoms with Crippen molar-refractivity contribution in [3.8, 4) is 0 Å². The summed E-state index contributed by atoms with van der Waals surface area (Å²) in [6, 6.07) is 6.35. The fourth-order valence-corrected chi connectivity index (χ4v) is 3.47. The van der Waals surface area contributed by atoms with Gasteiger partial charge in [0.05, 0.1) is 12.1 Å². The van der Waals surface area contributed by atoms with Crippen molar-refractivity contribution in [2.75, 3.05) is 52.9 Å². The molecule has 0 unspecified atom stereocenters. The first-order valence-corrected chi connectivity index (χ1v) is 8.80. The molecule has 1 N–H and O–H groups in total. The van der Waals surface area contributed by atoms with Crippen LogP contribution in [0.1, 0.15) is 12.0 Å². The van der Waals surface area contributed by atoms with E-state index in [1.165, 1.54) is 18.2 Å². The zero-order valence-electron chi connectivity index (χ0n) is 14.7. The molecule has 0 radical (unpaired) electrons. The molecule has 2 aliphatic rings. The van der Waals surface area contributed by atoms with Crippen molar-refractivity contribution in [3.63, 3.8) is 0 Å². The fourth-order valence-electron chi connectivity index (χ4n) is 3.47. The van der Waals surface area contributed by atoms with Crippen LogP contribution in [0.25, 0.3) is 6.08 Å². The summed E-state index contributed by atoms with van der Waals surface area (Å²) in [6.07, 6.45) is 3.47. The van der Waals surface area contributed by atoms with Gasteiger partial charge in [-0.2, -0.15) is 0 Å². The number of amides is 1. The molecule has 0 aliphatic carbocycles. The maximum absolute atomic E-state index is 13.6. The topological polar surface area (TPSA) is 47.0 Å². The van der Waals surface area contributed by atoms with Gasteiger partial charge in [-0.15, -0.1) is 0 Å². The second-order valence-electron chi connectivity index (χ2n) is 7.17. The highest BCUT2D eigenvalue weighted by atomic mass is 19.1. The zero-order chi connectivity index (χ0) is 17.9. The third-order valence-corrected chi connectivity index (χ3v) is 5.07. The second-order valence-corrected chi connectivity index (χ2v) is 7.17. The Hall–Kier alpha value is -1.76. The van der Waals surface area contributed by atoms with Crippen molar-refractivity contribution in [1.29, 1.82) is 0 Å². The molecular weight excluding hydrogens is 321 g/mol. The number of nitrogens with zero attached hydrogens (tertiary/aromatic N) is 3. The molecule has 25 heavy (non-hydrogen) atoms. The van der Waals surface area contributed by atoms with Crippen LogP contribution in [0.15, 0.2) is 30.3 Å². The largest absolute Gasteiger partial charge is 0.387 e. The van der Waals surface area contributed by atoms with E-state index >= 15 is 0 Å². The molecule has 2 fully saturated rings. The van der Waals surface area contributed by atoms with Crippen molar-refractivity contribution in [2.24, 2.45) is 0 Å². The van der Waals surface area contributed by atoms with Crippen LogP contribution in [0.2, 0.25) is 0 Å². The second kappa shape index (κ2) is 7.64. The maximum atomic E-state index is 13.6. The van der Waals surface area contributed by atoms with Crippen LogP contribution >= 0.6 is 0 Å². The SMILES string of the molecule is CN1CCN(C[C@@]2(O)CCN(C(=O)/C=C/c3ccccc3F)C2)CC1. The Labute approximate surface area is 148 Å². The highest BCUT2D eigenvalue weighted by Gasteiger charge is 2.39. The lowest BCUT2D eigenvalue weighted by Gasteiger charge is -2.36. The number of carbonyl (C=O) groups is 1. The Balaban J connectivity index is 1.54. The monoisotopic (exact) mass is 347 g/mol. The normalized spacial score (nSPS) is 25.8. The molecule has 2 saturated heterocycles. The van der Waals surface area contributed by atoms with Gasteiger partial charge in [-0.1, -0.05) is 18.2 Å². The predicted molar refractivity (Wildman–Crippen MR) is 95.5 cm³/mol. The van der Waals surface area contributed by atoms with Gasteiger partial charge in [-0.05, 0) is 25.6 Å². The van der Waals surface area contributed by atoms with Gasteiger partial charge in [0.25, 0.3) is 0 Å². The fraction of sp³-hybridized carbons (Fsp3) is 0.526. The number of aliphatic hydroxyl groups is 1. The van der Waals surface area contributed by atoms with E-state index in [1.54, 1.807) is 23.1 Å². The number of rotatable bonds is 4. The zero-order valence-corrected chi connectivity index (χ0v) is 14.7. The summed E-state index contributed by atoms with van der Waals surface area (Å²) in [5.74, 6) is -0.530. The lowest BCUT2D eigenvalue weighted by atomic mass is 10.0. The smallest absolute Gasteiger partial charge is 0.246 e. The van der Waals surface area contributed by atoms with Crippen molar-refractivity contribution < 1.29 is 14.3 Å². The van der Waals surface area contributed by atoms with Gasteiger partial charge in [0.15, 0.2) is 0 Å². The summed E-state index contributed by atoms with van der Waals surface area (Å²) in [5, 5.41) is 10.8. The van der Waals surface area contributed by atoms with Crippen LogP contribution in [-0.2, 0) is 4.79 Å². The minimum absolute atomic E-state index is 0.183. The molecule has 1 amide bonds. The summed E-state index contributed by atoms with van der Waals surface area (Å²) < 4.78 is 13.6. The number of hydrogen-bond acceptors (Lipinski definition) is 4. The quantitative estimate of drug-likeness (QED) is 0.827. The van der Waals surface area contributed by atoms with Crippen molar-refractivity contribution in [1.82, 2.24) is 14.7 Å². The Morgan fingerprint density at radius 3 is 2.68 bits per heavy atom. The maximum Gasteiger partial charge on any atom is 0.246 e. The molecule has 0 saturated carbocycles. The molecule has 2 heterocycles. The number of likely N-dealkylation sites (tertiary alicyclic amines) is 1. The van der Waals surface area contributed by atoms with Crippen LogP contribution in [-0.4, -0.2) is 84.2 Å². The number of β-amino-alcohol motifs (C(OH)–C–C–N with tert-alkyl or cyclic N) is 1. The van der Waals surface area contributed by atoms with E-state index in [4.69, 9.17) is 0 Å². The van der Waals surface area contributed by atoms with E-state index in [0.29, 0.717) is 31.6 Å². The van der Waals surface area contributed by atoms with Crippen LogP contribution in [0, 0.1) is 5.82 Å². The van der Waals surface area contributed by atoms with Crippen LogP contribution in [0.5, 0.6) is 0 Å². The summed E-state index contributed by atoms with van der Waals surface area (Å²) in [4.78, 5) is 18.5. The average Bonchev–Trinajstić information content (AvgIpc) is 2.98. The molecule has 0 aromatic heterocycles. The van der Waals surface area contributed by atoms with Gasteiger partial charge in [-0.3, -0.25) is 9.69 Å². The Morgan fingerprint density at radius 1 is 1.24 bits per heavy atom. The van der Waals surface area contributed by atoms with E-state index in [9.17, 15) is 14.3 Å². The Morgan fingerprint density at radius 2 is 1.96 bits per heavy atom. The molecule has 6 heteroatoms. The molecule has 0 bridgehead atoms. The van der Waals surface area contributed by atoms with E-state index in [2.05, 4.69) is 16.8 Å². The molecule has 1 atom stereocenters. The molecule has 1 aromatic carbocycles. The molecule has 2 aliphatic heterocycles. The van der Waals surface area contributed by atoms with Gasteiger partial charge >= 0.3 is 0 Å². The van der Waals surface area contributed by atoms with Crippen LogP contribution in [0.4, 0.5) is 4.39 Å². The van der Waals surface area contributed by atoms with Crippen molar-refractivity contribution in [2.45, 2.75) is 12.0 Å². The lowest BCUT2D eigenvalue weighted by Crippen LogP contribution is -2.52. The molecule has 3 rings (SSSR count). The predicted octanol–water partition coefficient (Wildman–Crippen LogP) is 1.05. The summed E-state index contributed by atoms with van der Waals surface area (Å²) in [6.45, 7) is 5.36. The first-order valence-electron chi connectivity index (χ1n) is 8.80. The molecule has 1 aromatic rings. The summed E-state index contributed by atoms with van der Waals surface area (Å²) in [7, 11) is 2.10. The minimum atomic E-state index is -0.850. The van der Waals surface area contributed by atoms with Gasteiger partial charge < -0.3 is 14.9 Å². The van der Waals surface area contributed by atoms with Crippen molar-refractivity contribution in [3.05, 3.63) is 41.7 Å². The number of likely N-dealkylation sites (N-methyl/N-ethyl adjacent to an activating group) is 1. The van der Waals surface area contributed by atoms with E-state index in [-0.39, 0.29) is 11.7 Å². The third kappa shape index (κ3) is 4.66. The van der Waals surface area contributed by atoms with Crippen LogP contribution < -0.4 is 0 Å². The molecule has 136 valence electrons. The standard InChI is InChI=1S/C19H26FN3O2/c1-21-10-12-22(13-11-21)14-19(25)8-9-23(15-19)18(24)7-6-16-4-2-3-5-17(16)20/h2-7,25H,8-15H2,1H3/b7-6+/t19-/m0/s1. The lowest BCUT2D eigenvalue weighted by molar-refractivity contribution is -0.126. The van der Waals surface area contributed by atoms with E-state index < -0.39 is 5.60 Å². The van der Waals surface area contributed by atoms with Crippen molar-refractivity contribution >= 4 is 12.0 Å². The van der Waals surface area contributed by atoms with E-state index in [0.717, 1.165) is 26.2 Å². The number of piperazine rings is 1. The minimum Gasteiger partial charge on any atom is -0.387 e. The highest BCUT2D eigenvalue weighted by Crippen LogP contribution is 2.23. The van der Waals surface area contributed by atoms with E-state index in [1.807, 2.05) is 0 Å². The molecule has 0 spiro atoms. The summed E-state index contributed by atoms with van der Waals surface area (Å²) >= 11 is 0. The average molecular weight is 347 g/mol. The van der Waals surface area contributed by atoms with Gasteiger partial charge in [0.1, 0.15) is 5.82 Å². The first-order chi connectivity index (χ1) is 12.0. The van der Waals surface area contributed by atoms with Gasteiger partial charge in [0.2, 0.25) is 5.91 Å². The third-order valence-electron chi connectivity index (χ3n) is 5.07. The van der Waals surface area contributed by atoms with Gasteiger partial charge in [-0.25, -0.2) is 4.39 Å². The Bertz CT molecular complexity index is 643. The molecule has 5 nitrogen and oxygen atoms in total. The number of carbonyl (C=O) groups excluding carboxylic acids is 1. The van der Waals surface area contributed by atoms with Gasteiger partial charge in [0, 0.05) is 50.9 Å². The molecular formula is C19H26FN3O2. The summed E-state index contributed by atoms with van der Waals surface area (Å²) in [5.41, 5.74) is -0.458. The highest BCUT2D eigenvalue weighted by molar-refractivity contribution is 5.92. The first kappa shape index (κ1) is 18.0. The van der Waals surface area contributed by atoms with Crippen LogP contribution in [0.3, 0.4) is 0 Å². The Kier molecular flexibility index (Phi) is 5.51. The number of halogens is 1. The number of hydrogen-bond donors (Lipinski definition) is 1. The number of benzene rings is 1.